The van der Waals surface area contributed by atoms with Crippen LogP contribution in [0.1, 0.15) is 23.1 Å². The van der Waals surface area contributed by atoms with Crippen molar-refractivity contribution in [2.45, 2.75) is 20.4 Å². The Bertz CT molecular complexity index is 667. The summed E-state index contributed by atoms with van der Waals surface area (Å²) in [6, 6.07) is 5.52. The van der Waals surface area contributed by atoms with Gasteiger partial charge in [0.1, 0.15) is 5.69 Å². The van der Waals surface area contributed by atoms with Crippen LogP contribution in [-0.2, 0) is 6.54 Å². The van der Waals surface area contributed by atoms with Crippen molar-refractivity contribution in [3.05, 3.63) is 38.5 Å². The molecule has 0 saturated heterocycles. The van der Waals surface area contributed by atoms with Gasteiger partial charge in [0.25, 0.3) is 5.91 Å². The lowest BCUT2D eigenvalue weighted by molar-refractivity contribution is 0.101. The van der Waals surface area contributed by atoms with Gasteiger partial charge in [-0.2, -0.15) is 5.10 Å². The van der Waals surface area contributed by atoms with Crippen molar-refractivity contribution in [3.63, 3.8) is 0 Å². The molecule has 0 aliphatic carbocycles. The number of benzene rings is 1. The second-order valence-electron chi connectivity index (χ2n) is 4.24. The van der Waals surface area contributed by atoms with Crippen molar-refractivity contribution < 1.29 is 4.79 Å². The smallest absolute Gasteiger partial charge is 0.276 e. The Morgan fingerprint density at radius 3 is 2.75 bits per heavy atom. The van der Waals surface area contributed by atoms with E-state index in [1.165, 1.54) is 0 Å². The summed E-state index contributed by atoms with van der Waals surface area (Å²) in [5.41, 5.74) is 8.07. The molecule has 0 fully saturated rings. The number of nitrogens with two attached hydrogens (primary N) is 1. The molecule has 5 nitrogen and oxygen atoms in total. The molecule has 2 rings (SSSR count). The molecular weight excluding hydrogens is 388 g/mol. The zero-order chi connectivity index (χ0) is 14.9. The Morgan fingerprint density at radius 1 is 1.45 bits per heavy atom. The number of aryl methyl sites for hydroxylation is 2. The van der Waals surface area contributed by atoms with Crippen LogP contribution < -0.4 is 11.1 Å². The number of hydrogen-bond donors (Lipinski definition) is 2. The normalized spacial score (nSPS) is 10.6. The summed E-state index contributed by atoms with van der Waals surface area (Å²) >= 11 is 6.78. The number of halogens is 2. The predicted octanol–water partition coefficient (Wildman–Crippen LogP) is 3.57. The number of carbonyl (C=O) groups is 1. The molecule has 0 unspecified atom stereocenters. The van der Waals surface area contributed by atoms with Crippen molar-refractivity contribution in [1.82, 2.24) is 9.78 Å². The molecule has 2 aromatic rings. The second kappa shape index (κ2) is 5.97. The highest BCUT2D eigenvalue weighted by atomic mass is 79.9. The van der Waals surface area contributed by atoms with Gasteiger partial charge >= 0.3 is 0 Å². The van der Waals surface area contributed by atoms with Gasteiger partial charge in [-0.3, -0.25) is 9.48 Å². The van der Waals surface area contributed by atoms with Crippen molar-refractivity contribution in [3.8, 4) is 0 Å². The number of rotatable bonds is 3. The van der Waals surface area contributed by atoms with E-state index in [-0.39, 0.29) is 5.91 Å². The minimum atomic E-state index is -0.270. The van der Waals surface area contributed by atoms with Gasteiger partial charge in [0.15, 0.2) is 0 Å². The third-order valence-electron chi connectivity index (χ3n) is 2.87. The predicted molar refractivity (Wildman–Crippen MR) is 86.8 cm³/mol. The Morgan fingerprint density at radius 2 is 2.15 bits per heavy atom. The van der Waals surface area contributed by atoms with E-state index < -0.39 is 0 Å². The van der Waals surface area contributed by atoms with Crippen LogP contribution in [0.15, 0.2) is 27.1 Å². The lowest BCUT2D eigenvalue weighted by Crippen LogP contribution is -2.19. The molecule has 3 N–H and O–H groups in total. The van der Waals surface area contributed by atoms with Crippen LogP contribution in [0.25, 0.3) is 0 Å². The van der Waals surface area contributed by atoms with Gasteiger partial charge in [0.05, 0.1) is 17.1 Å². The summed E-state index contributed by atoms with van der Waals surface area (Å²) in [6.45, 7) is 4.29. The van der Waals surface area contributed by atoms with E-state index in [9.17, 15) is 4.79 Å². The van der Waals surface area contributed by atoms with Crippen molar-refractivity contribution in [2.75, 3.05) is 11.1 Å². The highest BCUT2D eigenvalue weighted by molar-refractivity contribution is 9.11. The minimum absolute atomic E-state index is 0.270. The van der Waals surface area contributed by atoms with Crippen molar-refractivity contribution >= 4 is 49.1 Å². The molecule has 0 saturated carbocycles. The number of nitrogen functional groups attached to an aromatic ring is 1. The summed E-state index contributed by atoms with van der Waals surface area (Å²) in [4.78, 5) is 12.4. The van der Waals surface area contributed by atoms with Crippen LogP contribution >= 0.6 is 31.9 Å². The summed E-state index contributed by atoms with van der Waals surface area (Å²) in [6.07, 6.45) is 0. The number of anilines is 2. The van der Waals surface area contributed by atoms with Gasteiger partial charge in [-0.1, -0.05) is 15.9 Å². The first-order valence-electron chi connectivity index (χ1n) is 6.03. The molecule has 0 bridgehead atoms. The van der Waals surface area contributed by atoms with E-state index in [4.69, 9.17) is 5.73 Å². The highest BCUT2D eigenvalue weighted by Crippen LogP contribution is 2.27. The molecule has 1 aromatic heterocycles. The fraction of sp³-hybridized carbons (Fsp3) is 0.231. The molecule has 0 aliphatic heterocycles. The van der Waals surface area contributed by atoms with Crippen LogP contribution in [0, 0.1) is 6.92 Å². The first kappa shape index (κ1) is 15.1. The molecule has 1 heterocycles. The Kier molecular flexibility index (Phi) is 4.49. The number of carbonyl (C=O) groups excluding carboxylic acids is 1. The maximum Gasteiger partial charge on any atom is 0.276 e. The lowest BCUT2D eigenvalue weighted by atomic mass is 10.2. The average Bonchev–Trinajstić information content (AvgIpc) is 2.68. The molecule has 0 radical (unpaired) electrons. The number of amides is 1. The van der Waals surface area contributed by atoms with E-state index in [1.54, 1.807) is 11.6 Å². The molecule has 0 aliphatic rings. The van der Waals surface area contributed by atoms with Crippen LogP contribution in [-0.4, -0.2) is 15.7 Å². The molecule has 0 atom stereocenters. The summed E-state index contributed by atoms with van der Waals surface area (Å²) in [5.74, 6) is -0.270. The van der Waals surface area contributed by atoms with Crippen LogP contribution in [0.2, 0.25) is 0 Å². The zero-order valence-corrected chi connectivity index (χ0v) is 14.2. The van der Waals surface area contributed by atoms with Gasteiger partial charge in [-0.25, -0.2) is 0 Å². The Labute approximate surface area is 133 Å². The number of hydrogen-bond acceptors (Lipinski definition) is 3. The van der Waals surface area contributed by atoms with Gasteiger partial charge in [0, 0.05) is 15.5 Å². The number of aromatic nitrogens is 2. The van der Waals surface area contributed by atoms with Crippen molar-refractivity contribution in [2.24, 2.45) is 0 Å². The molecule has 106 valence electrons. The molecule has 1 amide bonds. The van der Waals surface area contributed by atoms with Gasteiger partial charge in [-0.15, -0.1) is 0 Å². The highest BCUT2D eigenvalue weighted by Gasteiger charge is 2.19. The number of nitrogens with one attached hydrogen (secondary N) is 1. The van der Waals surface area contributed by atoms with E-state index >= 15 is 0 Å². The fourth-order valence-corrected chi connectivity index (χ4v) is 2.98. The largest absolute Gasteiger partial charge is 0.395 e. The van der Waals surface area contributed by atoms with E-state index in [0.717, 1.165) is 8.95 Å². The molecule has 20 heavy (non-hydrogen) atoms. The van der Waals surface area contributed by atoms with Crippen LogP contribution in [0.4, 0.5) is 11.4 Å². The van der Waals surface area contributed by atoms with E-state index in [2.05, 4.69) is 42.3 Å². The van der Waals surface area contributed by atoms with Gasteiger partial charge in [-0.05, 0) is 48.0 Å². The molecule has 1 aromatic carbocycles. The van der Waals surface area contributed by atoms with Crippen LogP contribution in [0.3, 0.4) is 0 Å². The summed E-state index contributed by atoms with van der Waals surface area (Å²) in [5, 5.41) is 7.07. The third-order valence-corrected chi connectivity index (χ3v) is 4.02. The second-order valence-corrected chi connectivity index (χ2v) is 6.01. The van der Waals surface area contributed by atoms with E-state index in [1.807, 2.05) is 25.1 Å². The number of nitrogens with zero attached hydrogens (tertiary/aromatic N) is 2. The third kappa shape index (κ3) is 2.88. The molecule has 7 heteroatoms. The SMILES string of the molecule is CCn1nc(C)c(N)c1C(=O)Nc1ccc(Br)cc1Br. The lowest BCUT2D eigenvalue weighted by Gasteiger charge is -2.09. The quantitative estimate of drug-likeness (QED) is 0.825. The first-order valence-corrected chi connectivity index (χ1v) is 7.62. The topological polar surface area (TPSA) is 72.9 Å². The Balaban J connectivity index is 2.33. The first-order chi connectivity index (χ1) is 9.43. The maximum absolute atomic E-state index is 12.4. The Hall–Kier alpha value is -1.34. The maximum atomic E-state index is 12.4. The van der Waals surface area contributed by atoms with Gasteiger partial charge in [0.2, 0.25) is 0 Å². The monoisotopic (exact) mass is 400 g/mol. The van der Waals surface area contributed by atoms with Gasteiger partial charge < -0.3 is 11.1 Å². The zero-order valence-electron chi connectivity index (χ0n) is 11.1. The van der Waals surface area contributed by atoms with Crippen molar-refractivity contribution in [1.29, 1.82) is 0 Å². The minimum Gasteiger partial charge on any atom is -0.395 e. The average molecular weight is 402 g/mol. The molecule has 0 spiro atoms. The standard InChI is InChI=1S/C13H14Br2N4O/c1-3-19-12(11(16)7(2)18-19)13(20)17-10-5-4-8(14)6-9(10)15/h4-6H,3,16H2,1-2H3,(H,17,20). The van der Waals surface area contributed by atoms with E-state index in [0.29, 0.717) is 29.3 Å². The summed E-state index contributed by atoms with van der Waals surface area (Å²) in [7, 11) is 0. The van der Waals surface area contributed by atoms with Crippen LogP contribution in [0.5, 0.6) is 0 Å². The summed E-state index contributed by atoms with van der Waals surface area (Å²) < 4.78 is 3.32. The fourth-order valence-electron chi connectivity index (χ4n) is 1.84. The molecular formula is C13H14Br2N4O.